The highest BCUT2D eigenvalue weighted by molar-refractivity contribution is 5.85. The molecule has 4 rings (SSSR count). The van der Waals surface area contributed by atoms with E-state index in [9.17, 15) is 0 Å². The maximum Gasteiger partial charge on any atom is 0.222 e. The van der Waals surface area contributed by atoms with Crippen LogP contribution >= 0.6 is 0 Å². The Morgan fingerprint density at radius 2 is 2.09 bits per heavy atom. The lowest BCUT2D eigenvalue weighted by Gasteiger charge is -2.14. The van der Waals surface area contributed by atoms with Crippen LogP contribution in [0.25, 0.3) is 11.0 Å². The third-order valence-electron chi connectivity index (χ3n) is 5.73. The van der Waals surface area contributed by atoms with Crippen molar-refractivity contribution < 1.29 is 9.84 Å². The van der Waals surface area contributed by atoms with Crippen LogP contribution in [0, 0.1) is 17.2 Å². The number of anilines is 2. The van der Waals surface area contributed by atoms with Gasteiger partial charge in [-0.1, -0.05) is 26.2 Å². The quantitative estimate of drug-likeness (QED) is 0.359. The Morgan fingerprint density at radius 3 is 2.76 bits per heavy atom. The number of rotatable bonds is 8. The number of nitrogen functional groups attached to an aromatic ring is 2. The summed E-state index contributed by atoms with van der Waals surface area (Å²) in [5.41, 5.74) is 14.5. The van der Waals surface area contributed by atoms with Crippen molar-refractivity contribution in [1.29, 1.82) is 5.26 Å². The van der Waals surface area contributed by atoms with Gasteiger partial charge in [0.15, 0.2) is 5.82 Å². The van der Waals surface area contributed by atoms with Crippen LogP contribution in [0.1, 0.15) is 56.3 Å². The van der Waals surface area contributed by atoms with Crippen molar-refractivity contribution >= 4 is 22.8 Å². The van der Waals surface area contributed by atoms with Crippen molar-refractivity contribution in [3.8, 4) is 11.8 Å². The van der Waals surface area contributed by atoms with Gasteiger partial charge in [0, 0.05) is 25.4 Å². The van der Waals surface area contributed by atoms with Crippen molar-refractivity contribution in [2.45, 2.75) is 51.6 Å². The lowest BCUT2D eigenvalue weighted by atomic mass is 10.0. The van der Waals surface area contributed by atoms with Crippen LogP contribution in [0.5, 0.6) is 5.75 Å². The Morgan fingerprint density at radius 1 is 1.26 bits per heavy atom. The zero-order valence-electron chi connectivity index (χ0n) is 19.7. The minimum Gasteiger partial charge on any atom is -0.495 e. The number of aliphatic hydroxyl groups excluding tert-OH is 1. The number of nitriles is 1. The number of aromatic nitrogens is 5. The number of nitrogens with zero attached hydrogens (tertiary/aromatic N) is 6. The number of unbranched alkanes of at least 4 members (excludes halogenated alkanes) is 3. The van der Waals surface area contributed by atoms with Gasteiger partial charge in [-0.2, -0.15) is 15.3 Å². The SMILES string of the molecule is CCCCCCO.COc1cc(C2CC(C#N)CN2)cnc1Cn1ncc2nc(N)nc(N)c21. The van der Waals surface area contributed by atoms with Gasteiger partial charge in [-0.3, -0.25) is 9.67 Å². The first-order valence-electron chi connectivity index (χ1n) is 11.5. The van der Waals surface area contributed by atoms with Gasteiger partial charge in [0.1, 0.15) is 22.5 Å². The Balaban J connectivity index is 0.000000406. The van der Waals surface area contributed by atoms with Gasteiger partial charge in [0.25, 0.3) is 0 Å². The number of nitrogens with one attached hydrogen (secondary N) is 1. The molecule has 0 aliphatic carbocycles. The molecule has 0 amide bonds. The number of hydrogen-bond acceptors (Lipinski definition) is 10. The molecule has 2 unspecified atom stereocenters. The molecule has 2 atom stereocenters. The second-order valence-electron chi connectivity index (χ2n) is 8.23. The lowest BCUT2D eigenvalue weighted by molar-refractivity contribution is 0.283. The van der Waals surface area contributed by atoms with E-state index in [1.165, 1.54) is 19.3 Å². The third kappa shape index (κ3) is 6.09. The maximum atomic E-state index is 9.08. The molecule has 3 aromatic rings. The topological polar surface area (TPSA) is 174 Å². The first kappa shape index (κ1) is 25.1. The van der Waals surface area contributed by atoms with E-state index in [4.69, 9.17) is 26.6 Å². The summed E-state index contributed by atoms with van der Waals surface area (Å²) in [4.78, 5) is 12.7. The number of fused-ring (bicyclic) bond motifs is 1. The molecule has 11 heteroatoms. The fourth-order valence-corrected chi connectivity index (χ4v) is 3.91. The predicted octanol–water partition coefficient (Wildman–Crippen LogP) is 2.18. The summed E-state index contributed by atoms with van der Waals surface area (Å²) in [6.07, 6.45) is 8.84. The smallest absolute Gasteiger partial charge is 0.222 e. The molecule has 1 fully saturated rings. The average molecular weight is 468 g/mol. The monoisotopic (exact) mass is 467 g/mol. The summed E-state index contributed by atoms with van der Waals surface area (Å²) < 4.78 is 7.20. The summed E-state index contributed by atoms with van der Waals surface area (Å²) in [7, 11) is 1.60. The van der Waals surface area contributed by atoms with E-state index >= 15 is 0 Å². The molecular weight excluding hydrogens is 434 g/mol. The molecule has 0 radical (unpaired) electrons. The second kappa shape index (κ2) is 12.1. The molecule has 1 saturated heterocycles. The van der Waals surface area contributed by atoms with E-state index in [1.54, 1.807) is 24.2 Å². The van der Waals surface area contributed by atoms with E-state index < -0.39 is 0 Å². The largest absolute Gasteiger partial charge is 0.495 e. The van der Waals surface area contributed by atoms with Crippen LogP contribution in [0.2, 0.25) is 0 Å². The van der Waals surface area contributed by atoms with Crippen LogP contribution in [0.15, 0.2) is 18.5 Å². The minimum absolute atomic E-state index is 0.0199. The van der Waals surface area contributed by atoms with Crippen molar-refractivity contribution in [2.24, 2.45) is 5.92 Å². The third-order valence-corrected chi connectivity index (χ3v) is 5.73. The normalized spacial score (nSPS) is 17.2. The first-order valence-corrected chi connectivity index (χ1v) is 11.5. The van der Waals surface area contributed by atoms with Crippen LogP contribution in [-0.4, -0.2) is 50.1 Å². The number of aliphatic hydroxyl groups is 1. The van der Waals surface area contributed by atoms with E-state index in [1.807, 2.05) is 6.07 Å². The molecular formula is C23H33N9O2. The van der Waals surface area contributed by atoms with Gasteiger partial charge < -0.3 is 26.6 Å². The van der Waals surface area contributed by atoms with Gasteiger partial charge in [-0.05, 0) is 24.5 Å². The summed E-state index contributed by atoms with van der Waals surface area (Å²) >= 11 is 0. The highest BCUT2D eigenvalue weighted by Crippen LogP contribution is 2.30. The lowest BCUT2D eigenvalue weighted by Crippen LogP contribution is -2.15. The Kier molecular flexibility index (Phi) is 8.95. The zero-order valence-corrected chi connectivity index (χ0v) is 19.7. The highest BCUT2D eigenvalue weighted by atomic mass is 16.5. The van der Waals surface area contributed by atoms with Crippen molar-refractivity contribution in [3.05, 3.63) is 29.7 Å². The van der Waals surface area contributed by atoms with Gasteiger partial charge in [0.2, 0.25) is 5.95 Å². The molecule has 0 spiro atoms. The molecule has 4 heterocycles. The molecule has 34 heavy (non-hydrogen) atoms. The van der Waals surface area contributed by atoms with Crippen LogP contribution in [0.4, 0.5) is 11.8 Å². The molecule has 3 aromatic heterocycles. The fraction of sp³-hybridized carbons (Fsp3) is 0.522. The number of ether oxygens (including phenoxy) is 1. The predicted molar refractivity (Wildman–Crippen MR) is 130 cm³/mol. The molecule has 0 aromatic carbocycles. The van der Waals surface area contributed by atoms with Crippen LogP contribution < -0.4 is 21.5 Å². The standard InChI is InChI=1S/C17H19N9O.C6H14O/c1-27-14-3-10(11-2-9(4-18)5-21-11)6-22-13(14)8-26-15-12(7-23-26)24-17(20)25-16(15)19;1-2-3-4-5-6-7/h3,6-7,9,11,21H,2,5,8H2,1H3,(H4,19,20,24,25);7H,2-6H2,1H3. The summed E-state index contributed by atoms with van der Waals surface area (Å²) in [5, 5.41) is 25.0. The molecule has 11 nitrogen and oxygen atoms in total. The fourth-order valence-electron chi connectivity index (χ4n) is 3.91. The summed E-state index contributed by atoms with van der Waals surface area (Å²) in [6.45, 7) is 3.56. The van der Waals surface area contributed by atoms with E-state index in [0.29, 0.717) is 42.2 Å². The number of hydrogen-bond donors (Lipinski definition) is 4. The zero-order chi connectivity index (χ0) is 24.5. The van der Waals surface area contributed by atoms with Crippen LogP contribution in [0.3, 0.4) is 0 Å². The van der Waals surface area contributed by atoms with E-state index in [2.05, 4.69) is 38.4 Å². The number of pyridine rings is 1. The van der Waals surface area contributed by atoms with E-state index in [-0.39, 0.29) is 23.7 Å². The van der Waals surface area contributed by atoms with Gasteiger partial charge >= 0.3 is 0 Å². The Labute approximate surface area is 199 Å². The molecule has 0 bridgehead atoms. The van der Waals surface area contributed by atoms with E-state index in [0.717, 1.165) is 18.4 Å². The van der Waals surface area contributed by atoms with Crippen molar-refractivity contribution in [3.63, 3.8) is 0 Å². The maximum absolute atomic E-state index is 9.08. The Bertz CT molecular complexity index is 1120. The first-order chi connectivity index (χ1) is 16.5. The minimum atomic E-state index is 0.0199. The molecule has 0 saturated carbocycles. The van der Waals surface area contributed by atoms with Crippen LogP contribution in [-0.2, 0) is 6.54 Å². The number of nitrogens with two attached hydrogens (primary N) is 2. The van der Waals surface area contributed by atoms with Gasteiger partial charge in [-0.25, -0.2) is 4.98 Å². The van der Waals surface area contributed by atoms with Crippen molar-refractivity contribution in [2.75, 3.05) is 31.7 Å². The summed E-state index contributed by atoms with van der Waals surface area (Å²) in [5.74, 6) is 1.04. The summed E-state index contributed by atoms with van der Waals surface area (Å²) in [6, 6.07) is 4.35. The van der Waals surface area contributed by atoms with Gasteiger partial charge in [-0.15, -0.1) is 0 Å². The molecule has 6 N–H and O–H groups in total. The number of methoxy groups -OCH3 is 1. The highest BCUT2D eigenvalue weighted by Gasteiger charge is 2.26. The van der Waals surface area contributed by atoms with Gasteiger partial charge in [0.05, 0.1) is 31.8 Å². The second-order valence-corrected chi connectivity index (χ2v) is 8.23. The molecule has 182 valence electrons. The molecule has 1 aliphatic rings. The average Bonchev–Trinajstić information content (AvgIpc) is 3.47. The Hall–Kier alpha value is -3.49. The molecule has 1 aliphatic heterocycles. The van der Waals surface area contributed by atoms with Crippen molar-refractivity contribution in [1.82, 2.24) is 30.0 Å².